The minimum Gasteiger partial charge on any atom is -0.394 e. The van der Waals surface area contributed by atoms with E-state index < -0.39 is 37.3 Å². The predicted octanol–water partition coefficient (Wildman–Crippen LogP) is -3.22. The summed E-state index contributed by atoms with van der Waals surface area (Å²) in [6.07, 6.45) is -4.04. The van der Waals surface area contributed by atoms with Crippen LogP contribution in [0.25, 0.3) is 0 Å². The number of rotatable bonds is 2. The summed E-state index contributed by atoms with van der Waals surface area (Å²) < 4.78 is 4.63. The first-order chi connectivity index (χ1) is 5.55. The maximum Gasteiger partial charge on any atom is 0.219 e. The third kappa shape index (κ3) is 1.33. The van der Waals surface area contributed by atoms with Crippen LogP contribution in [0, 0.1) is 0 Å². The number of ether oxygens (including phenoxy) is 1. The molecule has 0 aliphatic carbocycles. The van der Waals surface area contributed by atoms with Crippen LogP contribution in [0.15, 0.2) is 0 Å². The Labute approximate surface area is 68.6 Å². The molecule has 1 heterocycles. The van der Waals surface area contributed by atoms with Gasteiger partial charge < -0.3 is 30.3 Å². The van der Waals surface area contributed by atoms with Crippen LogP contribution in [-0.4, -0.2) is 62.8 Å². The summed E-state index contributed by atoms with van der Waals surface area (Å²) >= 11 is 0. The van der Waals surface area contributed by atoms with Gasteiger partial charge in [0.1, 0.15) is 18.3 Å². The highest BCUT2D eigenvalue weighted by atomic mass is 16.7. The molecule has 1 saturated heterocycles. The Bertz CT molecular complexity index is 162. The van der Waals surface area contributed by atoms with Gasteiger partial charge in [-0.05, 0) is 0 Å². The van der Waals surface area contributed by atoms with Gasteiger partial charge in [0.2, 0.25) is 5.79 Å². The van der Waals surface area contributed by atoms with Crippen molar-refractivity contribution in [2.75, 3.05) is 13.2 Å². The molecule has 0 saturated carbocycles. The Morgan fingerprint density at radius 1 is 1.25 bits per heavy atom. The molecule has 1 aliphatic heterocycles. The third-order valence-electron chi connectivity index (χ3n) is 1.93. The Hall–Kier alpha value is -0.240. The summed E-state index contributed by atoms with van der Waals surface area (Å²) in [5, 5.41) is 44.7. The smallest absolute Gasteiger partial charge is 0.219 e. The second kappa shape index (κ2) is 3.25. The molecule has 4 atom stereocenters. The number of aliphatic hydroxyl groups excluding tert-OH is 4. The second-order valence-corrected chi connectivity index (χ2v) is 2.78. The lowest BCUT2D eigenvalue weighted by atomic mass is 10.1. The zero-order valence-electron chi connectivity index (χ0n) is 6.29. The molecule has 72 valence electrons. The van der Waals surface area contributed by atoms with Crippen molar-refractivity contribution >= 4 is 0 Å². The molecule has 0 aromatic heterocycles. The molecule has 0 radical (unpaired) electrons. The lowest BCUT2D eigenvalue weighted by Crippen LogP contribution is -2.46. The first kappa shape index (κ1) is 9.85. The monoisotopic (exact) mass is 180 g/mol. The van der Waals surface area contributed by atoms with E-state index in [4.69, 9.17) is 20.4 Å². The largest absolute Gasteiger partial charge is 0.394 e. The molecular weight excluding hydrogens is 168 g/mol. The van der Waals surface area contributed by atoms with Crippen LogP contribution in [0.1, 0.15) is 0 Å². The molecule has 6 heteroatoms. The minimum atomic E-state index is -2.16. The van der Waals surface area contributed by atoms with Crippen molar-refractivity contribution in [3.63, 3.8) is 0 Å². The van der Waals surface area contributed by atoms with E-state index in [9.17, 15) is 5.11 Å². The average molecular weight is 180 g/mol. The standard InChI is InChI=1S/C6H12O6/c7-1-3-4(9)5(10)6(11,2-8)12-3/h3-5,7-11H,1-2H2/t3-,4-,5+,6+/m1/s1. The fraction of sp³-hybridized carbons (Fsp3) is 1.00. The summed E-state index contributed by atoms with van der Waals surface area (Å²) in [7, 11) is 0. The molecule has 0 spiro atoms. The first-order valence-electron chi connectivity index (χ1n) is 3.53. The normalized spacial score (nSPS) is 48.2. The summed E-state index contributed by atoms with van der Waals surface area (Å²) in [6.45, 7) is -1.36. The van der Waals surface area contributed by atoms with E-state index in [2.05, 4.69) is 4.74 Å². The molecule has 0 aromatic carbocycles. The zero-order chi connectivity index (χ0) is 9.35. The van der Waals surface area contributed by atoms with Crippen LogP contribution in [-0.2, 0) is 4.74 Å². The van der Waals surface area contributed by atoms with E-state index in [0.717, 1.165) is 0 Å². The topological polar surface area (TPSA) is 110 Å². The van der Waals surface area contributed by atoms with Gasteiger partial charge in [0.05, 0.1) is 13.2 Å². The van der Waals surface area contributed by atoms with E-state index in [0.29, 0.717) is 0 Å². The van der Waals surface area contributed by atoms with Crippen LogP contribution >= 0.6 is 0 Å². The van der Waals surface area contributed by atoms with Gasteiger partial charge in [0.25, 0.3) is 0 Å². The summed E-state index contributed by atoms with van der Waals surface area (Å²) in [4.78, 5) is 0. The molecule has 0 aromatic rings. The van der Waals surface area contributed by atoms with Gasteiger partial charge in [0, 0.05) is 0 Å². The van der Waals surface area contributed by atoms with E-state index in [-0.39, 0.29) is 0 Å². The van der Waals surface area contributed by atoms with Gasteiger partial charge in [-0.25, -0.2) is 0 Å². The van der Waals surface area contributed by atoms with Gasteiger partial charge in [-0.2, -0.15) is 0 Å². The lowest BCUT2D eigenvalue weighted by Gasteiger charge is -2.22. The summed E-state index contributed by atoms with van der Waals surface area (Å²) in [5.41, 5.74) is 0. The van der Waals surface area contributed by atoms with E-state index >= 15 is 0 Å². The number of hydrogen-bond donors (Lipinski definition) is 5. The SMILES string of the molecule is OC[C@H]1O[C@@](O)(CO)[C@@H](O)[C@@H]1O. The van der Waals surface area contributed by atoms with E-state index in [1.807, 2.05) is 0 Å². The van der Waals surface area contributed by atoms with Crippen LogP contribution in [0.4, 0.5) is 0 Å². The van der Waals surface area contributed by atoms with Gasteiger partial charge in [-0.3, -0.25) is 0 Å². The molecule has 5 N–H and O–H groups in total. The molecule has 0 bridgehead atoms. The van der Waals surface area contributed by atoms with Crippen molar-refractivity contribution in [1.29, 1.82) is 0 Å². The molecule has 0 unspecified atom stereocenters. The molecule has 1 rings (SSSR count). The highest BCUT2D eigenvalue weighted by molar-refractivity contribution is 4.94. The fourth-order valence-electron chi connectivity index (χ4n) is 1.15. The second-order valence-electron chi connectivity index (χ2n) is 2.78. The van der Waals surface area contributed by atoms with Crippen LogP contribution < -0.4 is 0 Å². The fourth-order valence-corrected chi connectivity index (χ4v) is 1.15. The van der Waals surface area contributed by atoms with Crippen molar-refractivity contribution in [3.8, 4) is 0 Å². The summed E-state index contributed by atoms with van der Waals surface area (Å²) in [6, 6.07) is 0. The average Bonchev–Trinajstić information content (AvgIpc) is 2.31. The summed E-state index contributed by atoms with van der Waals surface area (Å²) in [5.74, 6) is -2.16. The Kier molecular flexibility index (Phi) is 2.67. The molecule has 0 amide bonds. The van der Waals surface area contributed by atoms with Crippen molar-refractivity contribution < 1.29 is 30.3 Å². The van der Waals surface area contributed by atoms with E-state index in [1.54, 1.807) is 0 Å². The van der Waals surface area contributed by atoms with Gasteiger partial charge in [-0.15, -0.1) is 0 Å². The van der Waals surface area contributed by atoms with Crippen LogP contribution in [0.5, 0.6) is 0 Å². The number of aliphatic hydroxyl groups is 5. The first-order valence-corrected chi connectivity index (χ1v) is 3.53. The van der Waals surface area contributed by atoms with Crippen molar-refractivity contribution in [2.45, 2.75) is 24.1 Å². The van der Waals surface area contributed by atoms with Gasteiger partial charge in [-0.1, -0.05) is 0 Å². The molecule has 6 nitrogen and oxygen atoms in total. The third-order valence-corrected chi connectivity index (χ3v) is 1.93. The van der Waals surface area contributed by atoms with Crippen molar-refractivity contribution in [3.05, 3.63) is 0 Å². The Balaban J connectivity index is 2.72. The number of hydrogen-bond acceptors (Lipinski definition) is 6. The maximum atomic E-state index is 9.25. The Morgan fingerprint density at radius 3 is 2.08 bits per heavy atom. The molecule has 1 aliphatic rings. The van der Waals surface area contributed by atoms with Gasteiger partial charge in [0.15, 0.2) is 0 Å². The van der Waals surface area contributed by atoms with E-state index in [1.165, 1.54) is 0 Å². The minimum absolute atomic E-state index is 0.527. The highest BCUT2D eigenvalue weighted by Crippen LogP contribution is 2.28. The zero-order valence-corrected chi connectivity index (χ0v) is 6.29. The molecular formula is C6H12O6. The van der Waals surface area contributed by atoms with Crippen LogP contribution in [0.2, 0.25) is 0 Å². The van der Waals surface area contributed by atoms with Crippen LogP contribution in [0.3, 0.4) is 0 Å². The maximum absolute atomic E-state index is 9.25. The van der Waals surface area contributed by atoms with Gasteiger partial charge >= 0.3 is 0 Å². The quantitative estimate of drug-likeness (QED) is 0.306. The lowest BCUT2D eigenvalue weighted by molar-refractivity contribution is -0.248. The van der Waals surface area contributed by atoms with Crippen molar-refractivity contribution in [1.82, 2.24) is 0 Å². The van der Waals surface area contributed by atoms with Crippen molar-refractivity contribution in [2.24, 2.45) is 0 Å². The molecule has 12 heavy (non-hydrogen) atoms. The molecule has 1 fully saturated rings. The predicted molar refractivity (Wildman–Crippen MR) is 36.0 cm³/mol. The Morgan fingerprint density at radius 2 is 1.83 bits per heavy atom. The highest BCUT2D eigenvalue weighted by Gasteiger charge is 2.52.